The van der Waals surface area contributed by atoms with Gasteiger partial charge in [-0.05, 0) is 43.9 Å². The Morgan fingerprint density at radius 2 is 1.67 bits per heavy atom. The van der Waals surface area contributed by atoms with E-state index in [1.807, 2.05) is 73.6 Å². The fraction of sp³-hybridized carbons (Fsp3) is 0.316. The topological polar surface area (TPSA) is 50.8 Å². The fourth-order valence-corrected chi connectivity index (χ4v) is 2.43. The van der Waals surface area contributed by atoms with E-state index in [-0.39, 0.29) is 11.9 Å². The standard InChI is InChI=1S/C19H24N2O3/c1-21(2)18(15-7-5-4-6-8-15)19(22)20-13-14-24-17-11-9-16(23-3)10-12-17/h4-12,18H,13-14H2,1-3H3,(H,20,22)/t18-/m0/s1. The van der Waals surface area contributed by atoms with Crippen LogP contribution in [-0.4, -0.2) is 45.2 Å². The Morgan fingerprint density at radius 3 is 2.25 bits per heavy atom. The van der Waals surface area contributed by atoms with Crippen molar-refractivity contribution in [1.29, 1.82) is 0 Å². The molecule has 0 heterocycles. The lowest BCUT2D eigenvalue weighted by molar-refractivity contribution is -0.125. The second-order valence-electron chi connectivity index (χ2n) is 5.59. The van der Waals surface area contributed by atoms with Crippen LogP contribution in [0, 0.1) is 0 Å². The van der Waals surface area contributed by atoms with Crippen LogP contribution in [0.3, 0.4) is 0 Å². The minimum absolute atomic E-state index is 0.0375. The molecule has 2 aromatic rings. The predicted octanol–water partition coefficient (Wildman–Crippen LogP) is 2.49. The summed E-state index contributed by atoms with van der Waals surface area (Å²) in [6.07, 6.45) is 0. The van der Waals surface area contributed by atoms with Gasteiger partial charge in [-0.25, -0.2) is 0 Å². The van der Waals surface area contributed by atoms with Gasteiger partial charge in [0.05, 0.1) is 13.7 Å². The molecule has 24 heavy (non-hydrogen) atoms. The fourth-order valence-electron chi connectivity index (χ4n) is 2.43. The molecule has 0 bridgehead atoms. The molecule has 0 spiro atoms. The van der Waals surface area contributed by atoms with Crippen LogP contribution in [0.4, 0.5) is 0 Å². The van der Waals surface area contributed by atoms with Crippen LogP contribution in [-0.2, 0) is 4.79 Å². The lowest BCUT2D eigenvalue weighted by atomic mass is 10.1. The van der Waals surface area contributed by atoms with Gasteiger partial charge in [-0.3, -0.25) is 9.69 Å². The van der Waals surface area contributed by atoms with Gasteiger partial charge >= 0.3 is 0 Å². The largest absolute Gasteiger partial charge is 0.497 e. The molecule has 2 aromatic carbocycles. The van der Waals surface area contributed by atoms with Crippen molar-refractivity contribution in [1.82, 2.24) is 10.2 Å². The normalized spacial score (nSPS) is 11.8. The highest BCUT2D eigenvalue weighted by atomic mass is 16.5. The molecule has 1 amide bonds. The van der Waals surface area contributed by atoms with Crippen molar-refractivity contribution in [3.8, 4) is 11.5 Å². The minimum atomic E-state index is -0.313. The first-order valence-electron chi connectivity index (χ1n) is 7.87. The van der Waals surface area contributed by atoms with E-state index in [1.165, 1.54) is 0 Å². The molecule has 5 nitrogen and oxygen atoms in total. The van der Waals surface area contributed by atoms with Gasteiger partial charge in [-0.1, -0.05) is 30.3 Å². The number of rotatable bonds is 8. The van der Waals surface area contributed by atoms with Crippen LogP contribution >= 0.6 is 0 Å². The number of amides is 1. The van der Waals surface area contributed by atoms with E-state index in [0.717, 1.165) is 17.1 Å². The lowest BCUT2D eigenvalue weighted by Gasteiger charge is -2.23. The van der Waals surface area contributed by atoms with Gasteiger partial charge in [-0.15, -0.1) is 0 Å². The summed E-state index contributed by atoms with van der Waals surface area (Å²) in [6.45, 7) is 0.856. The zero-order valence-electron chi connectivity index (χ0n) is 14.4. The van der Waals surface area contributed by atoms with Crippen molar-refractivity contribution in [2.45, 2.75) is 6.04 Å². The van der Waals surface area contributed by atoms with Crippen LogP contribution in [0.15, 0.2) is 54.6 Å². The van der Waals surface area contributed by atoms with Gasteiger partial charge < -0.3 is 14.8 Å². The van der Waals surface area contributed by atoms with Crippen molar-refractivity contribution >= 4 is 5.91 Å². The highest BCUT2D eigenvalue weighted by molar-refractivity contribution is 5.83. The summed E-state index contributed by atoms with van der Waals surface area (Å²) in [5.41, 5.74) is 0.969. The molecule has 1 atom stereocenters. The Hall–Kier alpha value is -2.53. The molecule has 0 aliphatic carbocycles. The number of likely N-dealkylation sites (N-methyl/N-ethyl adjacent to an activating group) is 1. The second kappa shape index (κ2) is 8.93. The second-order valence-corrected chi connectivity index (χ2v) is 5.59. The van der Waals surface area contributed by atoms with Crippen LogP contribution in [0.25, 0.3) is 0 Å². The number of methoxy groups -OCH3 is 1. The first kappa shape index (κ1) is 17.8. The summed E-state index contributed by atoms with van der Waals surface area (Å²) in [5, 5.41) is 2.93. The Balaban J connectivity index is 1.82. The first-order valence-corrected chi connectivity index (χ1v) is 7.87. The zero-order chi connectivity index (χ0) is 17.4. The first-order chi connectivity index (χ1) is 11.6. The number of nitrogens with one attached hydrogen (secondary N) is 1. The molecular formula is C19H24N2O3. The van der Waals surface area contributed by atoms with Gasteiger partial charge in [-0.2, -0.15) is 0 Å². The maximum atomic E-state index is 12.5. The number of hydrogen-bond acceptors (Lipinski definition) is 4. The maximum absolute atomic E-state index is 12.5. The van der Waals surface area contributed by atoms with Crippen LogP contribution in [0.1, 0.15) is 11.6 Å². The molecule has 0 aliphatic rings. The van der Waals surface area contributed by atoms with Crippen LogP contribution in [0.2, 0.25) is 0 Å². The summed E-state index contributed by atoms with van der Waals surface area (Å²) in [6, 6.07) is 16.8. The van der Waals surface area contributed by atoms with E-state index in [9.17, 15) is 4.79 Å². The smallest absolute Gasteiger partial charge is 0.242 e. The third-order valence-electron chi connectivity index (χ3n) is 3.61. The van der Waals surface area contributed by atoms with Gasteiger partial charge in [0.1, 0.15) is 24.1 Å². The number of carbonyl (C=O) groups excluding carboxylic acids is 1. The van der Waals surface area contributed by atoms with E-state index in [0.29, 0.717) is 13.2 Å². The van der Waals surface area contributed by atoms with Crippen molar-refractivity contribution in [2.75, 3.05) is 34.4 Å². The van der Waals surface area contributed by atoms with Gasteiger partial charge in [0, 0.05) is 0 Å². The number of ether oxygens (including phenoxy) is 2. The van der Waals surface area contributed by atoms with E-state index >= 15 is 0 Å². The molecule has 0 unspecified atom stereocenters. The third-order valence-corrected chi connectivity index (χ3v) is 3.61. The highest BCUT2D eigenvalue weighted by Crippen LogP contribution is 2.18. The monoisotopic (exact) mass is 328 g/mol. The quantitative estimate of drug-likeness (QED) is 0.757. The summed E-state index contributed by atoms with van der Waals surface area (Å²) in [4.78, 5) is 14.4. The number of benzene rings is 2. The molecule has 0 fully saturated rings. The molecule has 0 radical (unpaired) electrons. The summed E-state index contributed by atoms with van der Waals surface area (Å²) in [5.74, 6) is 1.49. The molecule has 1 N–H and O–H groups in total. The van der Waals surface area contributed by atoms with Crippen molar-refractivity contribution in [2.24, 2.45) is 0 Å². The Bertz CT molecular complexity index is 627. The number of nitrogens with zero attached hydrogens (tertiary/aromatic N) is 1. The van der Waals surface area contributed by atoms with Gasteiger partial charge in [0.25, 0.3) is 0 Å². The molecule has 0 saturated heterocycles. The Labute approximate surface area is 143 Å². The van der Waals surface area contributed by atoms with E-state index in [4.69, 9.17) is 9.47 Å². The minimum Gasteiger partial charge on any atom is -0.497 e. The average molecular weight is 328 g/mol. The van der Waals surface area contributed by atoms with E-state index < -0.39 is 0 Å². The number of carbonyl (C=O) groups is 1. The molecule has 128 valence electrons. The lowest BCUT2D eigenvalue weighted by Crippen LogP contribution is -2.38. The molecular weight excluding hydrogens is 304 g/mol. The van der Waals surface area contributed by atoms with Crippen LogP contribution < -0.4 is 14.8 Å². The Morgan fingerprint density at radius 1 is 1.04 bits per heavy atom. The zero-order valence-corrected chi connectivity index (χ0v) is 14.4. The third kappa shape index (κ3) is 4.99. The Kier molecular flexibility index (Phi) is 6.63. The van der Waals surface area contributed by atoms with Crippen molar-refractivity contribution in [3.05, 3.63) is 60.2 Å². The summed E-state index contributed by atoms with van der Waals surface area (Å²) in [7, 11) is 5.41. The summed E-state index contributed by atoms with van der Waals surface area (Å²) >= 11 is 0. The molecule has 2 rings (SSSR count). The SMILES string of the molecule is COc1ccc(OCCNC(=O)[C@H](c2ccccc2)N(C)C)cc1. The maximum Gasteiger partial charge on any atom is 0.242 e. The van der Waals surface area contributed by atoms with Gasteiger partial charge in [0.15, 0.2) is 0 Å². The van der Waals surface area contributed by atoms with Gasteiger partial charge in [0.2, 0.25) is 5.91 Å². The highest BCUT2D eigenvalue weighted by Gasteiger charge is 2.22. The predicted molar refractivity (Wildman–Crippen MR) is 94.4 cm³/mol. The number of hydrogen-bond donors (Lipinski definition) is 1. The molecule has 0 aliphatic heterocycles. The van der Waals surface area contributed by atoms with Crippen molar-refractivity contribution in [3.63, 3.8) is 0 Å². The van der Waals surface area contributed by atoms with E-state index in [2.05, 4.69) is 5.32 Å². The average Bonchev–Trinajstić information content (AvgIpc) is 2.60. The molecule has 0 aromatic heterocycles. The van der Waals surface area contributed by atoms with E-state index in [1.54, 1.807) is 7.11 Å². The summed E-state index contributed by atoms with van der Waals surface area (Å²) < 4.78 is 10.7. The van der Waals surface area contributed by atoms with Crippen LogP contribution in [0.5, 0.6) is 11.5 Å². The molecule has 5 heteroatoms. The van der Waals surface area contributed by atoms with Crippen molar-refractivity contribution < 1.29 is 14.3 Å². The molecule has 0 saturated carbocycles.